The van der Waals surface area contributed by atoms with Gasteiger partial charge in [0.05, 0.1) is 5.69 Å². The van der Waals surface area contributed by atoms with Crippen molar-refractivity contribution >= 4 is 34.3 Å². The van der Waals surface area contributed by atoms with Gasteiger partial charge in [-0.2, -0.15) is 8.78 Å². The molecule has 1 aromatic carbocycles. The van der Waals surface area contributed by atoms with E-state index in [0.29, 0.717) is 24.1 Å². The van der Waals surface area contributed by atoms with Crippen LogP contribution in [0.15, 0.2) is 29.6 Å². The molecule has 0 unspecified atom stereocenters. The van der Waals surface area contributed by atoms with Gasteiger partial charge in [-0.3, -0.25) is 14.5 Å². The number of halogens is 2. The van der Waals surface area contributed by atoms with E-state index in [4.69, 9.17) is 0 Å². The summed E-state index contributed by atoms with van der Waals surface area (Å²) in [5.41, 5.74) is -0.0413. The number of nitrogens with zero attached hydrogens (tertiary/aromatic N) is 2. The SMILES string of the molecule is O=C(CCN1C(=O)NC2(CCCC2)C1=O)Nc1nc(-c2ccccc2OC(F)F)cs1. The third-order valence-electron chi connectivity index (χ3n) is 5.40. The molecule has 2 fully saturated rings. The van der Waals surface area contributed by atoms with Crippen LogP contribution in [0, 0.1) is 0 Å². The van der Waals surface area contributed by atoms with E-state index < -0.39 is 24.1 Å². The van der Waals surface area contributed by atoms with E-state index in [-0.39, 0.29) is 29.8 Å². The first-order valence-corrected chi connectivity index (χ1v) is 10.7. The highest BCUT2D eigenvalue weighted by molar-refractivity contribution is 7.14. The minimum Gasteiger partial charge on any atom is -0.434 e. The topological polar surface area (TPSA) is 101 Å². The number of nitrogens with one attached hydrogen (secondary N) is 2. The Morgan fingerprint density at radius 3 is 2.77 bits per heavy atom. The van der Waals surface area contributed by atoms with Crippen LogP contribution in [-0.2, 0) is 9.59 Å². The van der Waals surface area contributed by atoms with Crippen LogP contribution in [0.25, 0.3) is 11.3 Å². The summed E-state index contributed by atoms with van der Waals surface area (Å²) < 4.78 is 29.7. The molecule has 4 rings (SSSR count). The molecule has 11 heteroatoms. The van der Waals surface area contributed by atoms with Gasteiger partial charge in [0.2, 0.25) is 5.91 Å². The summed E-state index contributed by atoms with van der Waals surface area (Å²) in [6.45, 7) is -2.99. The predicted molar refractivity (Wildman–Crippen MR) is 109 cm³/mol. The molecule has 0 atom stereocenters. The summed E-state index contributed by atoms with van der Waals surface area (Å²) in [4.78, 5) is 42.5. The van der Waals surface area contributed by atoms with Gasteiger partial charge < -0.3 is 15.4 Å². The maximum absolute atomic E-state index is 12.6. The fraction of sp³-hybridized carbons (Fsp3) is 0.400. The molecular weight excluding hydrogens is 430 g/mol. The monoisotopic (exact) mass is 450 g/mol. The zero-order chi connectivity index (χ0) is 22.0. The lowest BCUT2D eigenvalue weighted by Crippen LogP contribution is -2.44. The summed E-state index contributed by atoms with van der Waals surface area (Å²) in [7, 11) is 0. The van der Waals surface area contributed by atoms with Gasteiger partial charge in [0.1, 0.15) is 11.3 Å². The van der Waals surface area contributed by atoms with E-state index in [2.05, 4.69) is 20.4 Å². The lowest BCUT2D eigenvalue weighted by atomic mass is 9.98. The summed E-state index contributed by atoms with van der Waals surface area (Å²) in [5.74, 6) is -0.693. The number of para-hydroxylation sites is 1. The molecule has 0 radical (unpaired) electrons. The first kappa shape index (κ1) is 21.2. The third-order valence-corrected chi connectivity index (χ3v) is 6.15. The molecule has 1 saturated heterocycles. The van der Waals surface area contributed by atoms with E-state index in [9.17, 15) is 23.2 Å². The number of urea groups is 1. The molecule has 1 saturated carbocycles. The largest absolute Gasteiger partial charge is 0.434 e. The number of ether oxygens (including phenoxy) is 1. The van der Waals surface area contributed by atoms with Crippen molar-refractivity contribution in [1.82, 2.24) is 15.2 Å². The summed E-state index contributed by atoms with van der Waals surface area (Å²) in [6, 6.07) is 5.78. The number of carbonyl (C=O) groups is 3. The molecule has 1 aliphatic heterocycles. The van der Waals surface area contributed by atoms with Crippen LogP contribution in [-0.4, -0.2) is 46.4 Å². The number of carbonyl (C=O) groups excluding carboxylic acids is 3. The summed E-state index contributed by atoms with van der Waals surface area (Å²) >= 11 is 1.13. The zero-order valence-electron chi connectivity index (χ0n) is 16.4. The number of hydrogen-bond donors (Lipinski definition) is 2. The maximum atomic E-state index is 12.6. The Bertz CT molecular complexity index is 1010. The number of thiazole rings is 1. The van der Waals surface area contributed by atoms with Crippen molar-refractivity contribution in [2.75, 3.05) is 11.9 Å². The van der Waals surface area contributed by atoms with Gasteiger partial charge in [-0.15, -0.1) is 11.3 Å². The highest BCUT2D eigenvalue weighted by atomic mass is 32.1. The highest BCUT2D eigenvalue weighted by Crippen LogP contribution is 2.35. The maximum Gasteiger partial charge on any atom is 0.387 e. The Morgan fingerprint density at radius 1 is 1.29 bits per heavy atom. The summed E-state index contributed by atoms with van der Waals surface area (Å²) in [6.07, 6.45) is 2.95. The van der Waals surface area contributed by atoms with Crippen molar-refractivity contribution in [3.05, 3.63) is 29.6 Å². The van der Waals surface area contributed by atoms with E-state index in [1.807, 2.05) is 0 Å². The molecule has 1 aliphatic carbocycles. The number of benzene rings is 1. The highest BCUT2D eigenvalue weighted by Gasteiger charge is 2.52. The Labute approximate surface area is 180 Å². The Kier molecular flexibility index (Phi) is 5.86. The average Bonchev–Trinajstić information content (AvgIpc) is 3.43. The van der Waals surface area contributed by atoms with Crippen LogP contribution in [0.4, 0.5) is 18.7 Å². The van der Waals surface area contributed by atoms with Gasteiger partial charge >= 0.3 is 12.6 Å². The molecule has 164 valence electrons. The van der Waals surface area contributed by atoms with Gasteiger partial charge in [-0.05, 0) is 25.0 Å². The summed E-state index contributed by atoms with van der Waals surface area (Å²) in [5, 5.41) is 7.28. The Hall–Kier alpha value is -3.08. The van der Waals surface area contributed by atoms with Crippen molar-refractivity contribution in [2.45, 2.75) is 44.3 Å². The Balaban J connectivity index is 1.36. The fourth-order valence-corrected chi connectivity index (χ4v) is 4.65. The second kappa shape index (κ2) is 8.58. The second-order valence-electron chi connectivity index (χ2n) is 7.39. The number of anilines is 1. The zero-order valence-corrected chi connectivity index (χ0v) is 17.2. The number of rotatable bonds is 7. The van der Waals surface area contributed by atoms with Crippen molar-refractivity contribution in [3.63, 3.8) is 0 Å². The fourth-order valence-electron chi connectivity index (χ4n) is 3.92. The van der Waals surface area contributed by atoms with Crippen LogP contribution < -0.4 is 15.4 Å². The van der Waals surface area contributed by atoms with Crippen LogP contribution in [0.1, 0.15) is 32.1 Å². The molecule has 2 heterocycles. The minimum atomic E-state index is -2.96. The number of imide groups is 1. The minimum absolute atomic E-state index is 0.0138. The molecule has 0 bridgehead atoms. The van der Waals surface area contributed by atoms with Crippen molar-refractivity contribution in [2.24, 2.45) is 0 Å². The third kappa shape index (κ3) is 4.36. The average molecular weight is 450 g/mol. The van der Waals surface area contributed by atoms with Gasteiger partial charge in [0.25, 0.3) is 5.91 Å². The molecule has 2 N–H and O–H groups in total. The predicted octanol–water partition coefficient (Wildman–Crippen LogP) is 3.60. The van der Waals surface area contributed by atoms with Crippen LogP contribution in [0.3, 0.4) is 0 Å². The normalized spacial score (nSPS) is 17.5. The number of amides is 4. The molecule has 4 amide bonds. The first-order valence-electron chi connectivity index (χ1n) is 9.82. The molecule has 2 aliphatic rings. The van der Waals surface area contributed by atoms with Crippen molar-refractivity contribution < 1.29 is 27.9 Å². The second-order valence-corrected chi connectivity index (χ2v) is 8.24. The van der Waals surface area contributed by atoms with Gasteiger partial charge in [-0.25, -0.2) is 9.78 Å². The first-order chi connectivity index (χ1) is 14.9. The number of alkyl halides is 2. The Morgan fingerprint density at radius 2 is 2.03 bits per heavy atom. The number of aromatic nitrogens is 1. The molecule has 1 aromatic heterocycles. The molecule has 8 nitrogen and oxygen atoms in total. The van der Waals surface area contributed by atoms with Gasteiger partial charge in [0, 0.05) is 23.9 Å². The molecule has 1 spiro atoms. The van der Waals surface area contributed by atoms with Crippen LogP contribution >= 0.6 is 11.3 Å². The lowest BCUT2D eigenvalue weighted by molar-refractivity contribution is -0.131. The molecular formula is C20H20F2N4O4S. The van der Waals surface area contributed by atoms with E-state index in [1.165, 1.54) is 6.07 Å². The van der Waals surface area contributed by atoms with Gasteiger partial charge in [-0.1, -0.05) is 25.0 Å². The van der Waals surface area contributed by atoms with Crippen molar-refractivity contribution in [1.29, 1.82) is 0 Å². The lowest BCUT2D eigenvalue weighted by Gasteiger charge is -2.19. The van der Waals surface area contributed by atoms with Crippen molar-refractivity contribution in [3.8, 4) is 17.0 Å². The van der Waals surface area contributed by atoms with Crippen LogP contribution in [0.2, 0.25) is 0 Å². The standard InChI is InChI=1S/C20H20F2N4O4S/c21-17(22)30-14-6-2-1-5-12(14)13-11-31-18(23-13)24-15(27)7-10-26-16(28)20(25-19(26)29)8-3-4-9-20/h1-2,5-6,11,17H,3-4,7-10H2,(H,25,29)(H,23,24,27). The van der Waals surface area contributed by atoms with E-state index in [1.54, 1.807) is 23.6 Å². The number of hydrogen-bond acceptors (Lipinski definition) is 6. The smallest absolute Gasteiger partial charge is 0.387 e. The molecule has 2 aromatic rings. The van der Waals surface area contributed by atoms with E-state index in [0.717, 1.165) is 29.1 Å². The van der Waals surface area contributed by atoms with Crippen LogP contribution in [0.5, 0.6) is 5.75 Å². The van der Waals surface area contributed by atoms with E-state index >= 15 is 0 Å². The molecule has 31 heavy (non-hydrogen) atoms. The van der Waals surface area contributed by atoms with Gasteiger partial charge in [0.15, 0.2) is 5.13 Å². The quantitative estimate of drug-likeness (QED) is 0.628.